The molecule has 5 nitrogen and oxygen atoms in total. The van der Waals surface area contributed by atoms with Crippen molar-refractivity contribution < 1.29 is 14.6 Å². The quantitative estimate of drug-likeness (QED) is 0.652. The minimum atomic E-state index is -0.455. The lowest BCUT2D eigenvalue weighted by Gasteiger charge is -2.31. The minimum absolute atomic E-state index is 0.403. The molecule has 5 heteroatoms. The molecule has 1 atom stereocenters. The van der Waals surface area contributed by atoms with Crippen molar-refractivity contribution in [2.45, 2.75) is 33.4 Å². The second kappa shape index (κ2) is 11.7. The number of morpholine rings is 1. The molecular formula is C21H36N2O3. The number of hydrogen-bond donors (Lipinski definition) is 1. The number of aliphatic hydroxyl groups excluding tert-OH is 1. The molecule has 1 aliphatic heterocycles. The van der Waals surface area contributed by atoms with E-state index in [1.54, 1.807) is 0 Å². The Hall–Kier alpha value is -0.980. The third kappa shape index (κ3) is 8.60. The minimum Gasteiger partial charge on any atom is -0.389 e. The fourth-order valence-electron chi connectivity index (χ4n) is 3.20. The van der Waals surface area contributed by atoms with E-state index in [4.69, 9.17) is 9.47 Å². The summed E-state index contributed by atoms with van der Waals surface area (Å²) in [5, 5.41) is 10.4. The highest BCUT2D eigenvalue weighted by molar-refractivity contribution is 5.22. The summed E-state index contributed by atoms with van der Waals surface area (Å²) >= 11 is 0. The highest BCUT2D eigenvalue weighted by Gasteiger charge is 2.16. The molecule has 0 amide bonds. The molecule has 0 aromatic heterocycles. The van der Waals surface area contributed by atoms with E-state index < -0.39 is 6.10 Å². The van der Waals surface area contributed by atoms with Gasteiger partial charge in [-0.15, -0.1) is 0 Å². The Bertz CT molecular complexity index is 504. The zero-order valence-corrected chi connectivity index (χ0v) is 16.7. The van der Waals surface area contributed by atoms with E-state index in [1.807, 2.05) is 0 Å². The smallest absolute Gasteiger partial charge is 0.0900 e. The van der Waals surface area contributed by atoms with Gasteiger partial charge in [0.2, 0.25) is 0 Å². The molecule has 26 heavy (non-hydrogen) atoms. The summed E-state index contributed by atoms with van der Waals surface area (Å²) < 4.78 is 11.0. The number of aliphatic hydroxyl groups is 1. The maximum Gasteiger partial charge on any atom is 0.0900 e. The van der Waals surface area contributed by atoms with Crippen LogP contribution in [-0.2, 0) is 16.0 Å². The van der Waals surface area contributed by atoms with Gasteiger partial charge >= 0.3 is 0 Å². The molecule has 1 aromatic carbocycles. The molecule has 0 spiro atoms. The van der Waals surface area contributed by atoms with Gasteiger partial charge < -0.3 is 14.6 Å². The molecule has 0 aliphatic carbocycles. The summed E-state index contributed by atoms with van der Waals surface area (Å²) in [5.41, 5.74) is 2.57. The van der Waals surface area contributed by atoms with Crippen molar-refractivity contribution >= 4 is 0 Å². The lowest BCUT2D eigenvalue weighted by Crippen LogP contribution is -2.43. The van der Waals surface area contributed by atoms with E-state index in [2.05, 4.69) is 54.8 Å². The van der Waals surface area contributed by atoms with E-state index in [1.165, 1.54) is 11.1 Å². The van der Waals surface area contributed by atoms with Crippen LogP contribution in [0.1, 0.15) is 25.0 Å². The van der Waals surface area contributed by atoms with Gasteiger partial charge in [0.05, 0.1) is 25.9 Å². The number of hydrogen-bond acceptors (Lipinski definition) is 5. The summed E-state index contributed by atoms with van der Waals surface area (Å²) in [4.78, 5) is 4.78. The van der Waals surface area contributed by atoms with Crippen molar-refractivity contribution in [2.24, 2.45) is 5.92 Å². The first-order chi connectivity index (χ1) is 12.5. The van der Waals surface area contributed by atoms with Crippen molar-refractivity contribution in [3.63, 3.8) is 0 Å². The number of nitrogens with zero attached hydrogens (tertiary/aromatic N) is 2. The second-order valence-electron chi connectivity index (χ2n) is 7.76. The molecule has 0 radical (unpaired) electrons. The Labute approximate surface area is 158 Å². The van der Waals surface area contributed by atoms with Crippen LogP contribution in [-0.4, -0.2) is 80.2 Å². The van der Waals surface area contributed by atoms with Crippen molar-refractivity contribution in [3.8, 4) is 0 Å². The average Bonchev–Trinajstić information content (AvgIpc) is 2.60. The Balaban J connectivity index is 1.86. The maximum atomic E-state index is 10.4. The predicted molar refractivity (Wildman–Crippen MR) is 105 cm³/mol. The fraction of sp³-hybridized carbons (Fsp3) is 0.714. The van der Waals surface area contributed by atoms with Gasteiger partial charge in [0, 0.05) is 45.9 Å². The predicted octanol–water partition coefficient (Wildman–Crippen LogP) is 2.16. The standard InChI is InChI=1S/C21H36N2O3/c1-18(2)16-26-17-21(24)15-23(8-7-22-9-11-25-12-10-22)14-20-6-4-5-19(3)13-20/h4-6,13,18,21,24H,7-12,14-17H2,1-3H3/t21-/m0/s1. The summed E-state index contributed by atoms with van der Waals surface area (Å²) in [6.45, 7) is 14.5. The molecule has 1 heterocycles. The normalized spacial score (nSPS) is 17.2. The van der Waals surface area contributed by atoms with Gasteiger partial charge in [0.25, 0.3) is 0 Å². The Morgan fingerprint density at radius 2 is 2.00 bits per heavy atom. The lowest BCUT2D eigenvalue weighted by atomic mass is 10.1. The van der Waals surface area contributed by atoms with Crippen LogP contribution in [0.4, 0.5) is 0 Å². The molecule has 1 saturated heterocycles. The Morgan fingerprint density at radius 3 is 2.69 bits per heavy atom. The first-order valence-electron chi connectivity index (χ1n) is 9.86. The van der Waals surface area contributed by atoms with Crippen molar-refractivity contribution in [2.75, 3.05) is 59.2 Å². The molecule has 0 unspecified atom stereocenters. The van der Waals surface area contributed by atoms with Gasteiger partial charge in [-0.3, -0.25) is 9.80 Å². The number of ether oxygens (including phenoxy) is 2. The molecular weight excluding hydrogens is 328 g/mol. The molecule has 1 aliphatic rings. The highest BCUT2D eigenvalue weighted by Crippen LogP contribution is 2.09. The summed E-state index contributed by atoms with van der Waals surface area (Å²) in [6, 6.07) is 8.61. The van der Waals surface area contributed by atoms with Crippen LogP contribution < -0.4 is 0 Å². The van der Waals surface area contributed by atoms with Gasteiger partial charge in [-0.25, -0.2) is 0 Å². The summed E-state index contributed by atoms with van der Waals surface area (Å²) in [6.07, 6.45) is -0.455. The van der Waals surface area contributed by atoms with E-state index in [0.29, 0.717) is 25.7 Å². The van der Waals surface area contributed by atoms with Gasteiger partial charge in [0.15, 0.2) is 0 Å². The van der Waals surface area contributed by atoms with Crippen LogP contribution >= 0.6 is 0 Å². The molecule has 1 N–H and O–H groups in total. The van der Waals surface area contributed by atoms with Crippen molar-refractivity contribution in [3.05, 3.63) is 35.4 Å². The third-order valence-electron chi connectivity index (χ3n) is 4.56. The van der Waals surface area contributed by atoms with Gasteiger partial charge in [0.1, 0.15) is 0 Å². The molecule has 2 rings (SSSR count). The van der Waals surface area contributed by atoms with Crippen molar-refractivity contribution in [1.29, 1.82) is 0 Å². The van der Waals surface area contributed by atoms with Crippen LogP contribution in [0.25, 0.3) is 0 Å². The molecule has 1 aromatic rings. The monoisotopic (exact) mass is 364 g/mol. The Morgan fingerprint density at radius 1 is 1.23 bits per heavy atom. The lowest BCUT2D eigenvalue weighted by molar-refractivity contribution is 0.000956. The first kappa shape index (κ1) is 21.3. The van der Waals surface area contributed by atoms with Gasteiger partial charge in [-0.2, -0.15) is 0 Å². The molecule has 1 fully saturated rings. The first-order valence-corrected chi connectivity index (χ1v) is 9.86. The van der Waals surface area contributed by atoms with Gasteiger partial charge in [-0.05, 0) is 18.4 Å². The fourth-order valence-corrected chi connectivity index (χ4v) is 3.20. The van der Waals surface area contributed by atoms with Crippen LogP contribution in [0.2, 0.25) is 0 Å². The topological polar surface area (TPSA) is 45.2 Å². The molecule has 0 saturated carbocycles. The van der Waals surface area contributed by atoms with Crippen LogP contribution in [0, 0.1) is 12.8 Å². The zero-order valence-electron chi connectivity index (χ0n) is 16.7. The number of aryl methyl sites for hydroxylation is 1. The zero-order chi connectivity index (χ0) is 18.8. The van der Waals surface area contributed by atoms with Crippen LogP contribution in [0.15, 0.2) is 24.3 Å². The van der Waals surface area contributed by atoms with Crippen LogP contribution in [0.3, 0.4) is 0 Å². The maximum absolute atomic E-state index is 10.4. The van der Waals surface area contributed by atoms with Gasteiger partial charge in [-0.1, -0.05) is 43.7 Å². The highest BCUT2D eigenvalue weighted by atomic mass is 16.5. The van der Waals surface area contributed by atoms with E-state index in [9.17, 15) is 5.11 Å². The largest absolute Gasteiger partial charge is 0.389 e. The number of rotatable bonds is 11. The summed E-state index contributed by atoms with van der Waals surface area (Å²) in [7, 11) is 0. The van der Waals surface area contributed by atoms with E-state index in [-0.39, 0.29) is 0 Å². The SMILES string of the molecule is Cc1cccc(CN(CCN2CCOCC2)C[C@H](O)COCC(C)C)c1. The average molecular weight is 365 g/mol. The van der Waals surface area contributed by atoms with Crippen molar-refractivity contribution in [1.82, 2.24) is 9.80 Å². The number of benzene rings is 1. The van der Waals surface area contributed by atoms with E-state index in [0.717, 1.165) is 45.9 Å². The second-order valence-corrected chi connectivity index (χ2v) is 7.76. The molecule has 0 bridgehead atoms. The summed E-state index contributed by atoms with van der Waals surface area (Å²) in [5.74, 6) is 0.493. The third-order valence-corrected chi connectivity index (χ3v) is 4.56. The Kier molecular flexibility index (Phi) is 9.57. The van der Waals surface area contributed by atoms with E-state index >= 15 is 0 Å². The van der Waals surface area contributed by atoms with Crippen LogP contribution in [0.5, 0.6) is 0 Å². The molecule has 148 valence electrons.